The third-order valence-electron chi connectivity index (χ3n) is 2.24. The van der Waals surface area contributed by atoms with Crippen LogP contribution in [0.25, 0.3) is 0 Å². The summed E-state index contributed by atoms with van der Waals surface area (Å²) in [7, 11) is 0. The van der Waals surface area contributed by atoms with Gasteiger partial charge in [0.1, 0.15) is 0 Å². The maximum absolute atomic E-state index is 5.82. The zero-order chi connectivity index (χ0) is 11.4. The summed E-state index contributed by atoms with van der Waals surface area (Å²) in [5.74, 6) is 1.03. The van der Waals surface area contributed by atoms with E-state index in [0.29, 0.717) is 0 Å². The highest BCUT2D eigenvalue weighted by Gasteiger charge is 2.03. The lowest BCUT2D eigenvalue weighted by molar-refractivity contribution is 1.12. The molecular weight excluding hydrogens is 238 g/mol. The number of pyridine rings is 1. The molecule has 0 spiro atoms. The Bertz CT molecular complexity index is 468. The summed E-state index contributed by atoms with van der Waals surface area (Å²) >= 11 is 3.49. The standard InChI is InChI=1S/C11H13N3S2/c1-8-10(16-7-14-8)3-5-15-11-2-4-13-6-9(11)12/h2,4,6-7H,3,5,12H2,1H3. The van der Waals surface area contributed by atoms with Crippen LogP contribution in [-0.4, -0.2) is 15.7 Å². The van der Waals surface area contributed by atoms with E-state index in [1.165, 1.54) is 4.88 Å². The van der Waals surface area contributed by atoms with Gasteiger partial charge >= 0.3 is 0 Å². The van der Waals surface area contributed by atoms with Crippen molar-refractivity contribution in [1.29, 1.82) is 0 Å². The Hall–Kier alpha value is -1.07. The zero-order valence-electron chi connectivity index (χ0n) is 9.01. The fourth-order valence-corrected chi connectivity index (χ4v) is 3.16. The van der Waals surface area contributed by atoms with Crippen molar-refractivity contribution in [1.82, 2.24) is 9.97 Å². The molecule has 0 aromatic carbocycles. The molecule has 0 amide bonds. The molecule has 0 unspecified atom stereocenters. The zero-order valence-corrected chi connectivity index (χ0v) is 10.6. The predicted octanol–water partition coefficient (Wildman–Crippen LogP) is 2.76. The van der Waals surface area contributed by atoms with Crippen LogP contribution in [0.1, 0.15) is 10.6 Å². The number of thiazole rings is 1. The van der Waals surface area contributed by atoms with Gasteiger partial charge in [0.2, 0.25) is 0 Å². The van der Waals surface area contributed by atoms with Gasteiger partial charge in [0.05, 0.1) is 23.1 Å². The molecule has 0 fully saturated rings. The molecule has 0 aliphatic heterocycles. The first-order chi connectivity index (χ1) is 7.77. The minimum atomic E-state index is 0.758. The van der Waals surface area contributed by atoms with Crippen molar-refractivity contribution in [3.8, 4) is 0 Å². The Morgan fingerprint density at radius 3 is 3.06 bits per heavy atom. The number of nitrogens with two attached hydrogens (primary N) is 1. The maximum Gasteiger partial charge on any atom is 0.0797 e. The van der Waals surface area contributed by atoms with Gasteiger partial charge in [-0.25, -0.2) is 4.98 Å². The number of rotatable bonds is 4. The maximum atomic E-state index is 5.82. The average molecular weight is 251 g/mol. The second-order valence-electron chi connectivity index (χ2n) is 3.37. The van der Waals surface area contributed by atoms with E-state index in [9.17, 15) is 0 Å². The van der Waals surface area contributed by atoms with Gasteiger partial charge in [-0.2, -0.15) is 0 Å². The van der Waals surface area contributed by atoms with Crippen LogP contribution in [0.5, 0.6) is 0 Å². The molecular formula is C11H13N3S2. The molecule has 5 heteroatoms. The fourth-order valence-electron chi connectivity index (χ4n) is 1.35. The van der Waals surface area contributed by atoms with Crippen LogP contribution in [0, 0.1) is 6.92 Å². The Balaban J connectivity index is 1.89. The van der Waals surface area contributed by atoms with Crippen LogP contribution in [0.2, 0.25) is 0 Å². The number of nitrogen functional groups attached to an aromatic ring is 1. The molecule has 2 rings (SSSR count). The molecule has 2 aromatic rings. The van der Waals surface area contributed by atoms with Crippen LogP contribution in [0.4, 0.5) is 5.69 Å². The van der Waals surface area contributed by atoms with Crippen molar-refractivity contribution in [2.45, 2.75) is 18.2 Å². The Kier molecular flexibility index (Phi) is 3.79. The van der Waals surface area contributed by atoms with Crippen molar-refractivity contribution in [3.05, 3.63) is 34.5 Å². The lowest BCUT2D eigenvalue weighted by atomic mass is 10.3. The largest absolute Gasteiger partial charge is 0.397 e. The first kappa shape index (κ1) is 11.4. The molecule has 2 heterocycles. The van der Waals surface area contributed by atoms with Gasteiger partial charge in [-0.15, -0.1) is 23.1 Å². The van der Waals surface area contributed by atoms with Gasteiger partial charge in [-0.05, 0) is 19.4 Å². The smallest absolute Gasteiger partial charge is 0.0797 e. The quantitative estimate of drug-likeness (QED) is 0.849. The minimum absolute atomic E-state index is 0.758. The summed E-state index contributed by atoms with van der Waals surface area (Å²) in [5.41, 5.74) is 9.62. The summed E-state index contributed by atoms with van der Waals surface area (Å²) in [6, 6.07) is 1.96. The molecule has 0 atom stereocenters. The van der Waals surface area contributed by atoms with E-state index in [2.05, 4.69) is 16.9 Å². The second-order valence-corrected chi connectivity index (χ2v) is 5.45. The van der Waals surface area contributed by atoms with E-state index < -0.39 is 0 Å². The molecule has 0 aliphatic rings. The van der Waals surface area contributed by atoms with Crippen molar-refractivity contribution < 1.29 is 0 Å². The summed E-state index contributed by atoms with van der Waals surface area (Å²) in [5, 5.41) is 0. The van der Waals surface area contributed by atoms with E-state index in [-0.39, 0.29) is 0 Å². The van der Waals surface area contributed by atoms with E-state index in [4.69, 9.17) is 5.73 Å². The fraction of sp³-hybridized carbons (Fsp3) is 0.273. The highest BCUT2D eigenvalue weighted by molar-refractivity contribution is 7.99. The molecule has 0 bridgehead atoms. The van der Waals surface area contributed by atoms with Gasteiger partial charge in [-0.3, -0.25) is 4.98 Å². The lowest BCUT2D eigenvalue weighted by Gasteiger charge is -2.03. The molecule has 16 heavy (non-hydrogen) atoms. The molecule has 0 aliphatic carbocycles. The first-order valence-corrected chi connectivity index (χ1v) is 6.85. The lowest BCUT2D eigenvalue weighted by Crippen LogP contribution is -1.92. The van der Waals surface area contributed by atoms with E-state index in [1.54, 1.807) is 35.5 Å². The number of aromatic nitrogens is 2. The van der Waals surface area contributed by atoms with Crippen LogP contribution in [0.3, 0.4) is 0 Å². The number of nitrogens with zero attached hydrogens (tertiary/aromatic N) is 2. The third-order valence-corrected chi connectivity index (χ3v) is 4.33. The van der Waals surface area contributed by atoms with Crippen LogP contribution < -0.4 is 5.73 Å². The van der Waals surface area contributed by atoms with Gasteiger partial charge < -0.3 is 5.73 Å². The second kappa shape index (κ2) is 5.32. The Labute approximate surface area is 103 Å². The van der Waals surface area contributed by atoms with Gasteiger partial charge in [0.25, 0.3) is 0 Å². The summed E-state index contributed by atoms with van der Waals surface area (Å²) in [6.45, 7) is 2.05. The Morgan fingerprint density at radius 1 is 1.50 bits per heavy atom. The van der Waals surface area contributed by atoms with Gasteiger partial charge in [0, 0.05) is 21.7 Å². The van der Waals surface area contributed by atoms with Crippen LogP contribution in [0.15, 0.2) is 28.9 Å². The molecule has 84 valence electrons. The molecule has 2 aromatic heterocycles. The van der Waals surface area contributed by atoms with Crippen LogP contribution >= 0.6 is 23.1 Å². The van der Waals surface area contributed by atoms with Crippen molar-refractivity contribution in [2.75, 3.05) is 11.5 Å². The number of anilines is 1. The van der Waals surface area contributed by atoms with Crippen molar-refractivity contribution >= 4 is 28.8 Å². The number of aryl methyl sites for hydroxylation is 2. The van der Waals surface area contributed by atoms with Crippen molar-refractivity contribution in [3.63, 3.8) is 0 Å². The summed E-state index contributed by atoms with van der Waals surface area (Å²) < 4.78 is 0. The average Bonchev–Trinajstić information content (AvgIpc) is 2.67. The van der Waals surface area contributed by atoms with Crippen LogP contribution in [-0.2, 0) is 6.42 Å². The first-order valence-electron chi connectivity index (χ1n) is 4.98. The highest BCUT2D eigenvalue weighted by Crippen LogP contribution is 2.25. The molecule has 2 N–H and O–H groups in total. The summed E-state index contributed by atoms with van der Waals surface area (Å²) in [4.78, 5) is 10.7. The summed E-state index contributed by atoms with van der Waals surface area (Å²) in [6.07, 6.45) is 4.51. The topological polar surface area (TPSA) is 51.8 Å². The molecule has 0 radical (unpaired) electrons. The highest BCUT2D eigenvalue weighted by atomic mass is 32.2. The van der Waals surface area contributed by atoms with Gasteiger partial charge in [-0.1, -0.05) is 0 Å². The SMILES string of the molecule is Cc1ncsc1CCSc1ccncc1N. The molecule has 0 saturated carbocycles. The third kappa shape index (κ3) is 2.74. The van der Waals surface area contributed by atoms with E-state index in [0.717, 1.165) is 28.5 Å². The monoisotopic (exact) mass is 251 g/mol. The number of hydrogen-bond acceptors (Lipinski definition) is 5. The molecule has 3 nitrogen and oxygen atoms in total. The number of thioether (sulfide) groups is 1. The Morgan fingerprint density at radius 2 is 2.38 bits per heavy atom. The predicted molar refractivity (Wildman–Crippen MR) is 69.9 cm³/mol. The van der Waals surface area contributed by atoms with E-state index in [1.807, 2.05) is 11.6 Å². The minimum Gasteiger partial charge on any atom is -0.397 e. The van der Waals surface area contributed by atoms with Crippen molar-refractivity contribution in [2.24, 2.45) is 0 Å². The van der Waals surface area contributed by atoms with E-state index >= 15 is 0 Å². The molecule has 0 saturated heterocycles. The number of hydrogen-bond donors (Lipinski definition) is 1. The van der Waals surface area contributed by atoms with Gasteiger partial charge in [0.15, 0.2) is 0 Å². The normalized spacial score (nSPS) is 10.6.